The molecule has 0 radical (unpaired) electrons. The number of benzene rings is 2. The molecule has 0 aromatic heterocycles. The van der Waals surface area contributed by atoms with Gasteiger partial charge in [-0.2, -0.15) is 13.2 Å². The van der Waals surface area contributed by atoms with Crippen LogP contribution in [0.15, 0.2) is 40.9 Å². The number of rotatable bonds is 3. The summed E-state index contributed by atoms with van der Waals surface area (Å²) in [7, 11) is 0. The molecule has 0 amide bonds. The number of nitrogens with two attached hydrogens (primary N) is 1. The average Bonchev–Trinajstić information content (AvgIpc) is 2.38. The Morgan fingerprint density at radius 3 is 2.48 bits per heavy atom. The molecular formula is C14H10BrF4NO. The van der Waals surface area contributed by atoms with Crippen molar-refractivity contribution >= 4 is 21.6 Å². The molecule has 0 bridgehead atoms. The summed E-state index contributed by atoms with van der Waals surface area (Å²) in [6, 6.07) is 7.60. The lowest BCUT2D eigenvalue weighted by molar-refractivity contribution is -0.140. The fourth-order valence-electron chi connectivity index (χ4n) is 1.69. The average molecular weight is 364 g/mol. The molecule has 2 aromatic rings. The standard InChI is InChI=1S/C14H10BrF4NO/c15-11-2-1-3-13(20)9(11)7-21-8-4-5-12(16)10(6-8)14(17,18)19/h1-6H,7,20H2. The molecule has 2 aromatic carbocycles. The van der Waals surface area contributed by atoms with Crippen LogP contribution < -0.4 is 10.5 Å². The molecule has 0 atom stereocenters. The van der Waals surface area contributed by atoms with Crippen molar-refractivity contribution < 1.29 is 22.3 Å². The minimum absolute atomic E-state index is 0.0316. The van der Waals surface area contributed by atoms with Crippen LogP contribution in [0.5, 0.6) is 5.75 Å². The van der Waals surface area contributed by atoms with Gasteiger partial charge in [0.2, 0.25) is 0 Å². The number of hydrogen-bond donors (Lipinski definition) is 1. The predicted molar refractivity (Wildman–Crippen MR) is 74.3 cm³/mol. The van der Waals surface area contributed by atoms with Crippen LogP contribution in [0.4, 0.5) is 23.2 Å². The number of anilines is 1. The van der Waals surface area contributed by atoms with Crippen molar-refractivity contribution in [3.05, 3.63) is 57.8 Å². The molecule has 112 valence electrons. The second-order valence-electron chi connectivity index (χ2n) is 4.24. The van der Waals surface area contributed by atoms with Crippen molar-refractivity contribution in [2.45, 2.75) is 12.8 Å². The Morgan fingerprint density at radius 2 is 1.86 bits per heavy atom. The van der Waals surface area contributed by atoms with E-state index in [1.54, 1.807) is 18.2 Å². The van der Waals surface area contributed by atoms with Crippen molar-refractivity contribution in [3.8, 4) is 5.75 Å². The highest BCUT2D eigenvalue weighted by Gasteiger charge is 2.34. The van der Waals surface area contributed by atoms with Gasteiger partial charge in [-0.1, -0.05) is 22.0 Å². The zero-order valence-electron chi connectivity index (χ0n) is 10.5. The highest BCUT2D eigenvalue weighted by Crippen LogP contribution is 2.34. The summed E-state index contributed by atoms with van der Waals surface area (Å²) < 4.78 is 56.9. The van der Waals surface area contributed by atoms with Crippen LogP contribution >= 0.6 is 15.9 Å². The quantitative estimate of drug-likeness (QED) is 0.629. The maximum atomic E-state index is 13.2. The molecule has 0 aliphatic heterocycles. The van der Waals surface area contributed by atoms with Crippen LogP contribution in [0.25, 0.3) is 0 Å². The van der Waals surface area contributed by atoms with Crippen LogP contribution in [-0.2, 0) is 12.8 Å². The van der Waals surface area contributed by atoms with Gasteiger partial charge in [0.05, 0.1) is 5.56 Å². The van der Waals surface area contributed by atoms with Gasteiger partial charge >= 0.3 is 6.18 Å². The van der Waals surface area contributed by atoms with Crippen LogP contribution in [-0.4, -0.2) is 0 Å². The van der Waals surface area contributed by atoms with Gasteiger partial charge in [-0.05, 0) is 30.3 Å². The molecule has 0 saturated carbocycles. The Balaban J connectivity index is 2.22. The number of alkyl halides is 3. The third-order valence-electron chi connectivity index (χ3n) is 2.78. The molecule has 2 nitrogen and oxygen atoms in total. The van der Waals surface area contributed by atoms with Crippen LogP contribution in [0.2, 0.25) is 0 Å². The highest BCUT2D eigenvalue weighted by molar-refractivity contribution is 9.10. The van der Waals surface area contributed by atoms with Crippen LogP contribution in [0.1, 0.15) is 11.1 Å². The first-order chi connectivity index (χ1) is 9.79. The Morgan fingerprint density at radius 1 is 1.14 bits per heavy atom. The molecule has 7 heteroatoms. The lowest BCUT2D eigenvalue weighted by Gasteiger charge is -2.13. The summed E-state index contributed by atoms with van der Waals surface area (Å²) in [5.74, 6) is -1.42. The van der Waals surface area contributed by atoms with Gasteiger partial charge in [-0.15, -0.1) is 0 Å². The van der Waals surface area contributed by atoms with E-state index in [1.165, 1.54) is 0 Å². The third-order valence-corrected chi connectivity index (χ3v) is 3.52. The fourth-order valence-corrected chi connectivity index (χ4v) is 2.19. The maximum Gasteiger partial charge on any atom is 0.419 e. The first-order valence-corrected chi connectivity index (χ1v) is 6.60. The lowest BCUT2D eigenvalue weighted by atomic mass is 10.2. The Labute approximate surface area is 126 Å². The van der Waals surface area contributed by atoms with Gasteiger partial charge in [0, 0.05) is 15.7 Å². The molecule has 0 fully saturated rings. The van der Waals surface area contributed by atoms with Gasteiger partial charge in [-0.3, -0.25) is 0 Å². The van der Waals surface area contributed by atoms with Crippen molar-refractivity contribution in [1.82, 2.24) is 0 Å². The summed E-state index contributed by atoms with van der Waals surface area (Å²) >= 11 is 3.28. The first-order valence-electron chi connectivity index (χ1n) is 5.81. The molecule has 21 heavy (non-hydrogen) atoms. The Hall–Kier alpha value is -1.76. The molecule has 0 aliphatic carbocycles. The molecule has 0 aliphatic rings. The van der Waals surface area contributed by atoms with Gasteiger partial charge in [-0.25, -0.2) is 4.39 Å². The zero-order valence-corrected chi connectivity index (χ0v) is 12.1. The number of ether oxygens (including phenoxy) is 1. The molecule has 2 rings (SSSR count). The maximum absolute atomic E-state index is 13.2. The second kappa shape index (κ2) is 5.93. The Bertz CT molecular complexity index is 638. The van der Waals surface area contributed by atoms with E-state index in [9.17, 15) is 17.6 Å². The van der Waals surface area contributed by atoms with Crippen LogP contribution in [0.3, 0.4) is 0 Å². The predicted octanol–water partition coefficient (Wildman–Crippen LogP) is 4.77. The van der Waals surface area contributed by atoms with Gasteiger partial charge < -0.3 is 10.5 Å². The molecule has 2 N–H and O–H groups in total. The van der Waals surface area contributed by atoms with Gasteiger partial charge in [0.15, 0.2) is 0 Å². The number of nitrogen functional groups attached to an aromatic ring is 1. The summed E-state index contributed by atoms with van der Waals surface area (Å²) in [6.45, 7) is -0.0316. The first kappa shape index (κ1) is 15.6. The topological polar surface area (TPSA) is 35.2 Å². The van der Waals surface area contributed by atoms with E-state index in [-0.39, 0.29) is 12.4 Å². The second-order valence-corrected chi connectivity index (χ2v) is 5.09. The summed E-state index contributed by atoms with van der Waals surface area (Å²) in [5.41, 5.74) is 5.45. The molecule has 0 spiro atoms. The van der Waals surface area contributed by atoms with Gasteiger partial charge in [0.1, 0.15) is 18.2 Å². The van der Waals surface area contributed by atoms with E-state index < -0.39 is 17.6 Å². The zero-order chi connectivity index (χ0) is 15.6. The van der Waals surface area contributed by atoms with Crippen molar-refractivity contribution in [2.24, 2.45) is 0 Å². The number of hydrogen-bond acceptors (Lipinski definition) is 2. The van der Waals surface area contributed by atoms with E-state index >= 15 is 0 Å². The van der Waals surface area contributed by atoms with E-state index in [0.717, 1.165) is 12.1 Å². The van der Waals surface area contributed by atoms with Gasteiger partial charge in [0.25, 0.3) is 0 Å². The normalized spacial score (nSPS) is 11.5. The summed E-state index contributed by atoms with van der Waals surface area (Å²) in [4.78, 5) is 0. The van der Waals surface area contributed by atoms with E-state index in [0.29, 0.717) is 21.8 Å². The van der Waals surface area contributed by atoms with E-state index in [1.807, 2.05) is 0 Å². The molecular weight excluding hydrogens is 354 g/mol. The van der Waals surface area contributed by atoms with Crippen molar-refractivity contribution in [1.29, 1.82) is 0 Å². The van der Waals surface area contributed by atoms with E-state index in [2.05, 4.69) is 15.9 Å². The highest BCUT2D eigenvalue weighted by atomic mass is 79.9. The minimum Gasteiger partial charge on any atom is -0.489 e. The Kier molecular flexibility index (Phi) is 4.41. The molecule has 0 heterocycles. The monoisotopic (exact) mass is 363 g/mol. The van der Waals surface area contributed by atoms with Crippen molar-refractivity contribution in [3.63, 3.8) is 0 Å². The van der Waals surface area contributed by atoms with E-state index in [4.69, 9.17) is 10.5 Å². The summed E-state index contributed by atoms with van der Waals surface area (Å²) in [6.07, 6.45) is -4.77. The molecule has 0 unspecified atom stereocenters. The molecule has 0 saturated heterocycles. The smallest absolute Gasteiger partial charge is 0.419 e. The summed E-state index contributed by atoms with van der Waals surface area (Å²) in [5, 5.41) is 0. The largest absolute Gasteiger partial charge is 0.489 e. The lowest BCUT2D eigenvalue weighted by Crippen LogP contribution is -2.09. The minimum atomic E-state index is -4.77. The van der Waals surface area contributed by atoms with Crippen molar-refractivity contribution in [2.75, 3.05) is 5.73 Å². The fraction of sp³-hybridized carbons (Fsp3) is 0.143. The number of halogens is 5. The SMILES string of the molecule is Nc1cccc(Br)c1COc1ccc(F)c(C(F)(F)F)c1. The third kappa shape index (κ3) is 3.66. The van der Waals surface area contributed by atoms with Crippen LogP contribution in [0, 0.1) is 5.82 Å².